The van der Waals surface area contributed by atoms with Crippen molar-refractivity contribution in [3.63, 3.8) is 0 Å². The van der Waals surface area contributed by atoms with Gasteiger partial charge in [0.25, 0.3) is 0 Å². The molecule has 2 aromatic heterocycles. The highest BCUT2D eigenvalue weighted by molar-refractivity contribution is 5.97. The maximum atomic E-state index is 12.6. The predicted octanol–water partition coefficient (Wildman–Crippen LogP) is 4.18. The highest BCUT2D eigenvalue weighted by Gasteiger charge is 2.21. The number of rotatable bonds is 4. The van der Waals surface area contributed by atoms with E-state index in [-0.39, 0.29) is 11.9 Å². The number of nitrogens with zero attached hydrogens (tertiary/aromatic N) is 3. The largest absolute Gasteiger partial charge is 0.456 e. The smallest absolute Gasteiger partial charge is 0.339 e. The molecule has 6 nitrogen and oxygen atoms in total. The van der Waals surface area contributed by atoms with Crippen molar-refractivity contribution in [3.05, 3.63) is 47.7 Å². The predicted molar refractivity (Wildman–Crippen MR) is 106 cm³/mol. The maximum Gasteiger partial charge on any atom is 0.339 e. The summed E-state index contributed by atoms with van der Waals surface area (Å²) in [6.07, 6.45) is 1.68. The summed E-state index contributed by atoms with van der Waals surface area (Å²) in [5, 5.41) is 0. The van der Waals surface area contributed by atoms with Gasteiger partial charge in [-0.05, 0) is 45.4 Å². The van der Waals surface area contributed by atoms with Crippen LogP contribution in [0.1, 0.15) is 50.2 Å². The summed E-state index contributed by atoms with van der Waals surface area (Å²) in [4.78, 5) is 26.0. The van der Waals surface area contributed by atoms with E-state index in [1.54, 1.807) is 6.07 Å². The highest BCUT2D eigenvalue weighted by Crippen LogP contribution is 2.27. The number of nitrogen functional groups attached to an aromatic ring is 1. The summed E-state index contributed by atoms with van der Waals surface area (Å²) in [5.74, 6) is -0.128. The van der Waals surface area contributed by atoms with Crippen LogP contribution in [0.4, 0.5) is 5.95 Å². The van der Waals surface area contributed by atoms with Gasteiger partial charge in [0, 0.05) is 5.56 Å². The van der Waals surface area contributed by atoms with Gasteiger partial charge in [-0.2, -0.15) is 0 Å². The second-order valence-corrected chi connectivity index (χ2v) is 7.39. The lowest BCUT2D eigenvalue weighted by Gasteiger charge is -2.20. The highest BCUT2D eigenvalue weighted by atomic mass is 16.6. The molecule has 140 valence electrons. The molecular weight excluding hydrogens is 340 g/mol. The van der Waals surface area contributed by atoms with Crippen molar-refractivity contribution in [2.75, 3.05) is 5.73 Å². The van der Waals surface area contributed by atoms with Gasteiger partial charge in [0.15, 0.2) is 0 Å². The number of fused-ring (bicyclic) bond motifs is 1. The molecule has 3 aromatic rings. The minimum atomic E-state index is -0.569. The molecule has 0 atom stereocenters. The molecule has 27 heavy (non-hydrogen) atoms. The van der Waals surface area contributed by atoms with Crippen molar-refractivity contribution in [1.29, 1.82) is 0 Å². The number of aryl methyl sites for hydroxylation is 1. The third kappa shape index (κ3) is 4.22. The second-order valence-electron chi connectivity index (χ2n) is 7.39. The van der Waals surface area contributed by atoms with Crippen molar-refractivity contribution in [2.45, 2.75) is 46.1 Å². The molecule has 0 saturated carbocycles. The summed E-state index contributed by atoms with van der Waals surface area (Å²) in [5.41, 5.74) is 9.34. The van der Waals surface area contributed by atoms with Crippen molar-refractivity contribution in [1.82, 2.24) is 15.0 Å². The molecule has 0 amide bonds. The van der Waals surface area contributed by atoms with Crippen molar-refractivity contribution in [2.24, 2.45) is 0 Å². The summed E-state index contributed by atoms with van der Waals surface area (Å²) in [7, 11) is 0. The Morgan fingerprint density at radius 1 is 1.07 bits per heavy atom. The average molecular weight is 364 g/mol. The fourth-order valence-electron chi connectivity index (χ4n) is 2.87. The van der Waals surface area contributed by atoms with Crippen LogP contribution in [0.3, 0.4) is 0 Å². The molecule has 0 saturated heterocycles. The van der Waals surface area contributed by atoms with E-state index in [2.05, 4.69) is 16.9 Å². The Bertz CT molecular complexity index is 993. The Balaban J connectivity index is 2.12. The molecular formula is C21H24N4O2. The van der Waals surface area contributed by atoms with Gasteiger partial charge in [0.1, 0.15) is 11.1 Å². The zero-order valence-electron chi connectivity index (χ0n) is 16.1. The Morgan fingerprint density at radius 3 is 2.52 bits per heavy atom. The third-order valence-electron chi connectivity index (χ3n) is 3.94. The molecule has 6 heteroatoms. The van der Waals surface area contributed by atoms with Crippen LogP contribution in [0.15, 0.2) is 36.4 Å². The summed E-state index contributed by atoms with van der Waals surface area (Å²) in [6, 6.07) is 11.0. The number of hydrogen-bond donors (Lipinski definition) is 1. The van der Waals surface area contributed by atoms with Gasteiger partial charge in [0.05, 0.1) is 22.5 Å². The van der Waals surface area contributed by atoms with E-state index in [4.69, 9.17) is 15.5 Å². The molecule has 0 bridgehead atoms. The molecule has 0 fully saturated rings. The molecule has 0 aliphatic carbocycles. The number of benzene rings is 1. The van der Waals surface area contributed by atoms with Gasteiger partial charge in [-0.3, -0.25) is 0 Å². The average Bonchev–Trinajstić information content (AvgIpc) is 2.60. The van der Waals surface area contributed by atoms with Gasteiger partial charge in [-0.1, -0.05) is 31.5 Å². The quantitative estimate of drug-likeness (QED) is 0.698. The van der Waals surface area contributed by atoms with E-state index in [1.165, 1.54) is 0 Å². The SMILES string of the molecule is CCCc1nc(N)nc2ccc(-c3ccccc3C(=O)OC(C)(C)C)nc12. The number of hydrogen-bond acceptors (Lipinski definition) is 6. The van der Waals surface area contributed by atoms with Gasteiger partial charge in [0.2, 0.25) is 5.95 Å². The minimum absolute atomic E-state index is 0.245. The van der Waals surface area contributed by atoms with Crippen LogP contribution in [0.5, 0.6) is 0 Å². The number of anilines is 1. The van der Waals surface area contributed by atoms with E-state index >= 15 is 0 Å². The van der Waals surface area contributed by atoms with Crippen LogP contribution in [-0.2, 0) is 11.2 Å². The van der Waals surface area contributed by atoms with Gasteiger partial charge in [-0.15, -0.1) is 0 Å². The van der Waals surface area contributed by atoms with Crippen molar-refractivity contribution < 1.29 is 9.53 Å². The Hall–Kier alpha value is -3.02. The number of carbonyl (C=O) groups is 1. The van der Waals surface area contributed by atoms with Gasteiger partial charge < -0.3 is 10.5 Å². The van der Waals surface area contributed by atoms with Crippen molar-refractivity contribution in [3.8, 4) is 11.3 Å². The maximum absolute atomic E-state index is 12.6. The molecule has 0 radical (unpaired) electrons. The molecule has 3 rings (SSSR count). The van der Waals surface area contributed by atoms with Gasteiger partial charge in [-0.25, -0.2) is 19.7 Å². The monoisotopic (exact) mass is 364 g/mol. The van der Waals surface area contributed by atoms with E-state index in [1.807, 2.05) is 51.1 Å². The summed E-state index contributed by atoms with van der Waals surface area (Å²) >= 11 is 0. The lowest BCUT2D eigenvalue weighted by Crippen LogP contribution is -2.24. The second kappa shape index (κ2) is 7.31. The molecule has 0 aliphatic rings. The van der Waals surface area contributed by atoms with Crippen LogP contribution in [-0.4, -0.2) is 26.5 Å². The Labute approximate surface area is 158 Å². The first-order valence-electron chi connectivity index (χ1n) is 9.04. The molecule has 2 N–H and O–H groups in total. The number of aromatic nitrogens is 3. The number of ether oxygens (including phenoxy) is 1. The molecule has 0 aliphatic heterocycles. The normalized spacial score (nSPS) is 11.6. The van der Waals surface area contributed by atoms with Crippen LogP contribution in [0.25, 0.3) is 22.3 Å². The van der Waals surface area contributed by atoms with Crippen LogP contribution >= 0.6 is 0 Å². The number of esters is 1. The number of nitrogens with two attached hydrogens (primary N) is 1. The minimum Gasteiger partial charge on any atom is -0.456 e. The fraction of sp³-hybridized carbons (Fsp3) is 0.333. The van der Waals surface area contributed by atoms with Gasteiger partial charge >= 0.3 is 5.97 Å². The first kappa shape index (κ1) is 18.8. The van der Waals surface area contributed by atoms with E-state index in [9.17, 15) is 4.79 Å². The zero-order chi connectivity index (χ0) is 19.6. The third-order valence-corrected chi connectivity index (χ3v) is 3.94. The number of pyridine rings is 1. The van der Waals surface area contributed by atoms with E-state index in [0.29, 0.717) is 27.9 Å². The summed E-state index contributed by atoms with van der Waals surface area (Å²) in [6.45, 7) is 7.62. The first-order chi connectivity index (χ1) is 12.8. The first-order valence-corrected chi connectivity index (χ1v) is 9.04. The Kier molecular flexibility index (Phi) is 5.08. The standard InChI is InChI=1S/C21H24N4O2/c1-5-8-16-18-17(25-20(22)24-16)12-11-15(23-18)13-9-6-7-10-14(13)19(26)27-21(2,3)4/h6-7,9-12H,5,8H2,1-4H3,(H2,22,24,25). The molecule has 2 heterocycles. The summed E-state index contributed by atoms with van der Waals surface area (Å²) < 4.78 is 5.54. The van der Waals surface area contributed by atoms with Crippen LogP contribution in [0, 0.1) is 0 Å². The van der Waals surface area contributed by atoms with E-state index in [0.717, 1.165) is 18.5 Å². The topological polar surface area (TPSA) is 91.0 Å². The number of carbonyl (C=O) groups excluding carboxylic acids is 1. The van der Waals surface area contributed by atoms with E-state index < -0.39 is 5.60 Å². The van der Waals surface area contributed by atoms with Crippen LogP contribution in [0.2, 0.25) is 0 Å². The molecule has 0 unspecified atom stereocenters. The lowest BCUT2D eigenvalue weighted by atomic mass is 10.0. The van der Waals surface area contributed by atoms with Crippen LogP contribution < -0.4 is 5.73 Å². The van der Waals surface area contributed by atoms with Crippen molar-refractivity contribution >= 4 is 23.0 Å². The molecule has 1 aromatic carbocycles. The fourth-order valence-corrected chi connectivity index (χ4v) is 2.87. The zero-order valence-corrected chi connectivity index (χ0v) is 16.1. The lowest BCUT2D eigenvalue weighted by molar-refractivity contribution is 0.00704. The molecule has 0 spiro atoms. The Morgan fingerprint density at radius 2 is 1.81 bits per heavy atom.